The monoisotopic (exact) mass is 333 g/mol. The van der Waals surface area contributed by atoms with Gasteiger partial charge in [0.15, 0.2) is 0 Å². The highest BCUT2D eigenvalue weighted by atomic mass is 79.9. The van der Waals surface area contributed by atoms with Crippen LogP contribution in [0.25, 0.3) is 0 Å². The fourth-order valence-corrected chi connectivity index (χ4v) is 3.96. The summed E-state index contributed by atoms with van der Waals surface area (Å²) in [6, 6.07) is 2.43. The Morgan fingerprint density at radius 1 is 1.56 bits per heavy atom. The number of thiophene rings is 1. The number of hydrogen-bond acceptors (Lipinski definition) is 4. The van der Waals surface area contributed by atoms with Gasteiger partial charge in [-0.1, -0.05) is 6.92 Å². The van der Waals surface area contributed by atoms with E-state index >= 15 is 0 Å². The average molecular weight is 334 g/mol. The second kappa shape index (κ2) is 7.01. The molecule has 1 N–H and O–H groups in total. The highest BCUT2D eigenvalue weighted by molar-refractivity contribution is 9.11. The zero-order valence-electron chi connectivity index (χ0n) is 10.9. The maximum absolute atomic E-state index is 5.86. The molecule has 2 atom stereocenters. The smallest absolute Gasteiger partial charge is 0.100 e. The van der Waals surface area contributed by atoms with Crippen LogP contribution in [0.2, 0.25) is 0 Å². The summed E-state index contributed by atoms with van der Waals surface area (Å²) >= 11 is 5.34. The molecule has 0 spiro atoms. The molecule has 0 saturated carbocycles. The average Bonchev–Trinajstić information content (AvgIpc) is 2.70. The van der Waals surface area contributed by atoms with Crippen LogP contribution in [0.5, 0.6) is 0 Å². The lowest BCUT2D eigenvalue weighted by Crippen LogP contribution is -2.41. The Kier molecular flexibility index (Phi) is 5.63. The third kappa shape index (κ3) is 3.54. The number of halogens is 1. The van der Waals surface area contributed by atoms with Crippen molar-refractivity contribution in [3.05, 3.63) is 20.3 Å². The molecule has 0 radical (unpaired) electrons. The van der Waals surface area contributed by atoms with Gasteiger partial charge in [0, 0.05) is 4.88 Å². The van der Waals surface area contributed by atoms with Crippen molar-refractivity contribution >= 4 is 27.3 Å². The van der Waals surface area contributed by atoms with Crippen LogP contribution in [0.4, 0.5) is 0 Å². The first-order valence-electron chi connectivity index (χ1n) is 6.41. The second-order valence-corrected chi connectivity index (χ2v) is 7.11. The lowest BCUT2D eigenvalue weighted by atomic mass is 10.0. The van der Waals surface area contributed by atoms with E-state index in [2.05, 4.69) is 41.2 Å². The van der Waals surface area contributed by atoms with Crippen LogP contribution in [-0.4, -0.2) is 32.5 Å². The fourth-order valence-electron chi connectivity index (χ4n) is 2.21. The number of hydrogen-bond donors (Lipinski definition) is 1. The van der Waals surface area contributed by atoms with Crippen LogP contribution in [0.15, 0.2) is 9.85 Å². The number of aryl methyl sites for hydroxylation is 1. The van der Waals surface area contributed by atoms with Gasteiger partial charge in [0.2, 0.25) is 0 Å². The lowest BCUT2D eigenvalue weighted by Gasteiger charge is -2.31. The molecule has 2 unspecified atom stereocenters. The van der Waals surface area contributed by atoms with Gasteiger partial charge in [-0.2, -0.15) is 0 Å². The van der Waals surface area contributed by atoms with E-state index in [9.17, 15) is 0 Å². The predicted molar refractivity (Wildman–Crippen MR) is 78.3 cm³/mol. The summed E-state index contributed by atoms with van der Waals surface area (Å²) < 4.78 is 12.6. The van der Waals surface area contributed by atoms with E-state index in [1.165, 1.54) is 14.2 Å². The Bertz CT molecular complexity index is 377. The Hall–Kier alpha value is 0.0600. The van der Waals surface area contributed by atoms with Crippen molar-refractivity contribution in [1.29, 1.82) is 0 Å². The first kappa shape index (κ1) is 14.5. The number of ether oxygens (including phenoxy) is 2. The molecule has 0 aromatic carbocycles. The minimum absolute atomic E-state index is 0.116. The molecule has 0 aliphatic carbocycles. The zero-order valence-corrected chi connectivity index (χ0v) is 13.3. The Balaban J connectivity index is 2.15. The van der Waals surface area contributed by atoms with Crippen LogP contribution < -0.4 is 5.32 Å². The highest BCUT2D eigenvalue weighted by Gasteiger charge is 2.28. The fraction of sp³-hybridized carbons (Fsp3) is 0.692. The van der Waals surface area contributed by atoms with Gasteiger partial charge in [0.1, 0.15) is 6.10 Å². The van der Waals surface area contributed by atoms with Gasteiger partial charge in [-0.25, -0.2) is 0 Å². The van der Waals surface area contributed by atoms with Crippen molar-refractivity contribution in [2.75, 3.05) is 26.4 Å². The Morgan fingerprint density at radius 2 is 2.39 bits per heavy atom. The maximum Gasteiger partial charge on any atom is 0.100 e. The molecule has 1 aromatic heterocycles. The summed E-state index contributed by atoms with van der Waals surface area (Å²) in [4.78, 5) is 1.34. The minimum atomic E-state index is 0.116. The van der Waals surface area contributed by atoms with E-state index < -0.39 is 0 Å². The van der Waals surface area contributed by atoms with Gasteiger partial charge in [-0.3, -0.25) is 0 Å². The summed E-state index contributed by atoms with van der Waals surface area (Å²) in [5.41, 5.74) is 1.33. The molecule has 1 saturated heterocycles. The third-order valence-electron chi connectivity index (χ3n) is 3.09. The predicted octanol–water partition coefficient (Wildman–Crippen LogP) is 3.28. The van der Waals surface area contributed by atoms with E-state index in [4.69, 9.17) is 9.47 Å². The van der Waals surface area contributed by atoms with Crippen molar-refractivity contribution in [2.45, 2.75) is 32.4 Å². The van der Waals surface area contributed by atoms with Gasteiger partial charge in [-0.05, 0) is 47.4 Å². The molecular weight excluding hydrogens is 314 g/mol. The lowest BCUT2D eigenvalue weighted by molar-refractivity contribution is -0.102. The normalized spacial score (nSPS) is 22.1. The van der Waals surface area contributed by atoms with Crippen molar-refractivity contribution in [3.8, 4) is 0 Å². The van der Waals surface area contributed by atoms with E-state index in [0.29, 0.717) is 19.8 Å². The standard InChI is InChI=1S/C13H20BrNO2S/c1-3-4-15-13(11-8-16-5-6-17-11)10-7-12(14)18-9(10)2/h7,11,13,15H,3-6,8H2,1-2H3. The van der Waals surface area contributed by atoms with Crippen molar-refractivity contribution in [1.82, 2.24) is 5.32 Å². The second-order valence-electron chi connectivity index (χ2n) is 4.48. The molecule has 102 valence electrons. The van der Waals surface area contributed by atoms with Gasteiger partial charge in [0.05, 0.1) is 29.6 Å². The molecule has 1 aliphatic rings. The van der Waals surface area contributed by atoms with Crippen molar-refractivity contribution in [3.63, 3.8) is 0 Å². The quantitative estimate of drug-likeness (QED) is 0.896. The van der Waals surface area contributed by atoms with Crippen molar-refractivity contribution in [2.24, 2.45) is 0 Å². The summed E-state index contributed by atoms with van der Waals surface area (Å²) in [6.45, 7) is 7.42. The molecule has 1 aromatic rings. The molecular formula is C13H20BrNO2S. The molecule has 5 heteroatoms. The van der Waals surface area contributed by atoms with Crippen molar-refractivity contribution < 1.29 is 9.47 Å². The van der Waals surface area contributed by atoms with E-state index in [-0.39, 0.29) is 12.1 Å². The van der Waals surface area contributed by atoms with Crippen LogP contribution in [-0.2, 0) is 9.47 Å². The van der Waals surface area contributed by atoms with Gasteiger partial charge < -0.3 is 14.8 Å². The van der Waals surface area contributed by atoms with Gasteiger partial charge in [0.25, 0.3) is 0 Å². The van der Waals surface area contributed by atoms with Crippen LogP contribution in [0.1, 0.15) is 29.8 Å². The molecule has 2 heterocycles. The van der Waals surface area contributed by atoms with Gasteiger partial charge >= 0.3 is 0 Å². The van der Waals surface area contributed by atoms with E-state index in [1.54, 1.807) is 11.3 Å². The maximum atomic E-state index is 5.86. The summed E-state index contributed by atoms with van der Waals surface area (Å²) in [5, 5.41) is 3.59. The molecule has 3 nitrogen and oxygen atoms in total. The minimum Gasteiger partial charge on any atom is -0.376 e. The summed E-state index contributed by atoms with van der Waals surface area (Å²) in [6.07, 6.45) is 1.24. The van der Waals surface area contributed by atoms with E-state index in [0.717, 1.165) is 13.0 Å². The molecule has 0 bridgehead atoms. The topological polar surface area (TPSA) is 30.5 Å². The van der Waals surface area contributed by atoms with Crippen LogP contribution in [0.3, 0.4) is 0 Å². The molecule has 2 rings (SSSR count). The summed E-state index contributed by atoms with van der Waals surface area (Å²) in [5.74, 6) is 0. The molecule has 18 heavy (non-hydrogen) atoms. The largest absolute Gasteiger partial charge is 0.376 e. The highest BCUT2D eigenvalue weighted by Crippen LogP contribution is 2.33. The van der Waals surface area contributed by atoms with Gasteiger partial charge in [-0.15, -0.1) is 11.3 Å². The van der Waals surface area contributed by atoms with Crippen LogP contribution >= 0.6 is 27.3 Å². The Labute approximate surface area is 121 Å². The first-order chi connectivity index (χ1) is 8.72. The summed E-state index contributed by atoms with van der Waals surface area (Å²) in [7, 11) is 0. The molecule has 1 aliphatic heterocycles. The van der Waals surface area contributed by atoms with E-state index in [1.807, 2.05) is 0 Å². The first-order valence-corrected chi connectivity index (χ1v) is 8.02. The zero-order chi connectivity index (χ0) is 13.0. The molecule has 1 fully saturated rings. The third-order valence-corrected chi connectivity index (χ3v) is 4.66. The Morgan fingerprint density at radius 3 is 2.94 bits per heavy atom. The molecule has 0 amide bonds. The number of rotatable bonds is 5. The number of nitrogens with one attached hydrogen (secondary N) is 1. The van der Waals surface area contributed by atoms with Crippen LogP contribution in [0, 0.1) is 6.92 Å². The SMILES string of the molecule is CCCNC(c1cc(Br)sc1C)C1COCCO1.